The highest BCUT2D eigenvalue weighted by Gasteiger charge is 2.70. The van der Waals surface area contributed by atoms with E-state index in [0.717, 1.165) is 17.7 Å². The van der Waals surface area contributed by atoms with E-state index in [2.05, 4.69) is 0 Å². The van der Waals surface area contributed by atoms with Crippen LogP contribution in [0, 0.1) is 11.8 Å². The predicted molar refractivity (Wildman–Crippen MR) is 96.6 cm³/mol. The van der Waals surface area contributed by atoms with Gasteiger partial charge in [-0.1, -0.05) is 25.1 Å². The van der Waals surface area contributed by atoms with Crippen LogP contribution in [0.3, 0.4) is 0 Å². The zero-order valence-electron chi connectivity index (χ0n) is 15.7. The average molecular weight is 410 g/mol. The summed E-state index contributed by atoms with van der Waals surface area (Å²) >= 11 is 0. The van der Waals surface area contributed by atoms with Crippen molar-refractivity contribution in [1.29, 1.82) is 0 Å². The molecule has 29 heavy (non-hydrogen) atoms. The smallest absolute Gasteiger partial charge is 0.351 e. The maximum atomic E-state index is 13.6. The molecule has 4 rings (SSSR count). The van der Waals surface area contributed by atoms with Crippen molar-refractivity contribution in [2.24, 2.45) is 17.6 Å². The van der Waals surface area contributed by atoms with Crippen LogP contribution in [-0.4, -0.2) is 48.1 Å². The number of imide groups is 1. The lowest BCUT2D eigenvalue weighted by Gasteiger charge is -2.37. The Hall–Kier alpha value is -2.62. The van der Waals surface area contributed by atoms with Crippen molar-refractivity contribution in [3.05, 3.63) is 29.8 Å². The molecule has 1 spiro atoms. The molecule has 0 saturated carbocycles. The summed E-state index contributed by atoms with van der Waals surface area (Å²) in [5.74, 6) is -2.97. The topological polar surface area (TPSA) is 95.7 Å². The lowest BCUT2D eigenvalue weighted by Crippen LogP contribution is -2.58. The molecule has 1 aromatic carbocycles. The highest BCUT2D eigenvalue weighted by atomic mass is 19.4. The van der Waals surface area contributed by atoms with Gasteiger partial charge in [0.15, 0.2) is 0 Å². The number of halogens is 3. The maximum absolute atomic E-state index is 13.6. The molecule has 4 amide bonds. The van der Waals surface area contributed by atoms with Crippen molar-refractivity contribution < 1.29 is 27.6 Å². The second-order valence-electron chi connectivity index (χ2n) is 7.84. The highest BCUT2D eigenvalue weighted by molar-refractivity contribution is 6.23. The standard InChI is InChI=1S/C19H21F3N4O3/c1-10-12-7-4-8-25(12)19(14(10)15(27)24-9-18(20,21)22)11-5-2-3-6-13(11)26(16(19)28)17(23)29/h2-3,5-6,10,12,14H,4,7-9H2,1H3,(H2,23,29)(H,24,27). The molecule has 2 fully saturated rings. The number of carbonyl (C=O) groups excluding carboxylic acids is 3. The van der Waals surface area contributed by atoms with E-state index in [1.165, 1.54) is 0 Å². The number of rotatable bonds is 2. The molecule has 156 valence electrons. The number of anilines is 1. The van der Waals surface area contributed by atoms with Crippen molar-refractivity contribution in [1.82, 2.24) is 10.2 Å². The van der Waals surface area contributed by atoms with Gasteiger partial charge >= 0.3 is 12.2 Å². The monoisotopic (exact) mass is 410 g/mol. The molecule has 3 aliphatic heterocycles. The fourth-order valence-corrected chi connectivity index (χ4v) is 5.47. The van der Waals surface area contributed by atoms with Crippen LogP contribution in [0.2, 0.25) is 0 Å². The van der Waals surface area contributed by atoms with Crippen LogP contribution in [0.5, 0.6) is 0 Å². The minimum absolute atomic E-state index is 0.151. The molecule has 0 bridgehead atoms. The van der Waals surface area contributed by atoms with Crippen LogP contribution < -0.4 is 16.0 Å². The molecule has 3 N–H and O–H groups in total. The molecule has 10 heteroatoms. The van der Waals surface area contributed by atoms with Gasteiger partial charge in [0.1, 0.15) is 12.1 Å². The lowest BCUT2D eigenvalue weighted by atomic mass is 9.74. The Balaban J connectivity index is 1.87. The van der Waals surface area contributed by atoms with Crippen LogP contribution in [0.4, 0.5) is 23.7 Å². The summed E-state index contributed by atoms with van der Waals surface area (Å²) in [6, 6.07) is 5.39. The summed E-state index contributed by atoms with van der Waals surface area (Å²) in [5, 5.41) is 1.95. The number of hydrogen-bond donors (Lipinski definition) is 2. The van der Waals surface area contributed by atoms with Crippen molar-refractivity contribution in [3.8, 4) is 0 Å². The molecule has 4 atom stereocenters. The van der Waals surface area contributed by atoms with Crippen LogP contribution in [0.1, 0.15) is 25.3 Å². The number of benzene rings is 1. The Bertz CT molecular complexity index is 890. The summed E-state index contributed by atoms with van der Waals surface area (Å²) in [6.45, 7) is 0.800. The molecule has 1 aromatic rings. The summed E-state index contributed by atoms with van der Waals surface area (Å²) in [5.41, 5.74) is 4.64. The molecule has 3 heterocycles. The molecular weight excluding hydrogens is 389 g/mol. The Morgan fingerprint density at radius 2 is 2.00 bits per heavy atom. The maximum Gasteiger partial charge on any atom is 0.405 e. The minimum Gasteiger partial charge on any atom is -0.351 e. The number of nitrogens with zero attached hydrogens (tertiary/aromatic N) is 2. The van der Waals surface area contributed by atoms with Gasteiger partial charge in [0.25, 0.3) is 5.91 Å². The third-order valence-corrected chi connectivity index (χ3v) is 6.39. The molecule has 0 aromatic heterocycles. The number of nitrogens with two attached hydrogens (primary N) is 1. The van der Waals surface area contributed by atoms with Gasteiger partial charge in [-0.25, -0.2) is 9.69 Å². The quantitative estimate of drug-likeness (QED) is 0.776. The zero-order valence-corrected chi connectivity index (χ0v) is 15.7. The van der Waals surface area contributed by atoms with Gasteiger partial charge in [-0.2, -0.15) is 13.2 Å². The van der Waals surface area contributed by atoms with Gasteiger partial charge < -0.3 is 11.1 Å². The number of para-hydroxylation sites is 1. The van der Waals surface area contributed by atoms with Gasteiger partial charge in [0, 0.05) is 11.6 Å². The van der Waals surface area contributed by atoms with E-state index in [9.17, 15) is 27.6 Å². The molecule has 2 saturated heterocycles. The summed E-state index contributed by atoms with van der Waals surface area (Å²) in [7, 11) is 0. The van der Waals surface area contributed by atoms with E-state index < -0.39 is 42.0 Å². The first-order chi connectivity index (χ1) is 13.6. The number of urea groups is 1. The largest absolute Gasteiger partial charge is 0.405 e. The predicted octanol–water partition coefficient (Wildman–Crippen LogP) is 1.72. The van der Waals surface area contributed by atoms with Gasteiger partial charge in [0.05, 0.1) is 11.6 Å². The Labute approximate surface area is 165 Å². The lowest BCUT2D eigenvalue weighted by molar-refractivity contribution is -0.146. The Morgan fingerprint density at radius 3 is 2.66 bits per heavy atom. The SMILES string of the molecule is CC1C2CCCN2C2(C(=O)N(C(N)=O)c3ccccc32)C1C(=O)NCC(F)(F)F. The van der Waals surface area contributed by atoms with E-state index in [0.29, 0.717) is 12.1 Å². The number of amides is 4. The van der Waals surface area contributed by atoms with E-state index >= 15 is 0 Å². The second kappa shape index (κ2) is 6.45. The molecule has 4 unspecified atom stereocenters. The van der Waals surface area contributed by atoms with Gasteiger partial charge in [0.2, 0.25) is 5.91 Å². The number of carbonyl (C=O) groups is 3. The van der Waals surface area contributed by atoms with Crippen molar-refractivity contribution in [2.75, 3.05) is 18.0 Å². The molecular formula is C19H21F3N4O3. The third-order valence-electron chi connectivity index (χ3n) is 6.39. The van der Waals surface area contributed by atoms with Crippen LogP contribution in [0.15, 0.2) is 24.3 Å². The Kier molecular flexibility index (Phi) is 4.38. The molecule has 0 radical (unpaired) electrons. The first-order valence-electron chi connectivity index (χ1n) is 9.45. The van der Waals surface area contributed by atoms with Gasteiger partial charge in [-0.3, -0.25) is 14.5 Å². The molecule has 3 aliphatic rings. The number of nitrogens with one attached hydrogen (secondary N) is 1. The van der Waals surface area contributed by atoms with Crippen LogP contribution in [0.25, 0.3) is 0 Å². The number of fused-ring (bicyclic) bond motifs is 4. The fourth-order valence-electron chi connectivity index (χ4n) is 5.47. The normalized spacial score (nSPS) is 31.2. The number of primary amides is 1. The summed E-state index contributed by atoms with van der Waals surface area (Å²) < 4.78 is 38.2. The van der Waals surface area contributed by atoms with E-state index in [1.54, 1.807) is 31.2 Å². The summed E-state index contributed by atoms with van der Waals surface area (Å²) in [4.78, 5) is 41.4. The molecule has 0 aliphatic carbocycles. The fraction of sp³-hybridized carbons (Fsp3) is 0.526. The second-order valence-corrected chi connectivity index (χ2v) is 7.84. The number of hydrogen-bond acceptors (Lipinski definition) is 4. The third kappa shape index (κ3) is 2.65. The first-order valence-corrected chi connectivity index (χ1v) is 9.45. The number of alkyl halides is 3. The van der Waals surface area contributed by atoms with Gasteiger partial charge in [-0.15, -0.1) is 0 Å². The average Bonchev–Trinajstić information content (AvgIpc) is 3.27. The first kappa shape index (κ1) is 19.7. The van der Waals surface area contributed by atoms with Crippen LogP contribution >= 0.6 is 0 Å². The van der Waals surface area contributed by atoms with E-state index in [1.807, 2.05) is 10.2 Å². The van der Waals surface area contributed by atoms with Crippen molar-refractivity contribution in [2.45, 2.75) is 37.5 Å². The van der Waals surface area contributed by atoms with Crippen molar-refractivity contribution >= 4 is 23.5 Å². The van der Waals surface area contributed by atoms with E-state index in [4.69, 9.17) is 5.73 Å². The van der Waals surface area contributed by atoms with Gasteiger partial charge in [-0.05, 0) is 31.4 Å². The van der Waals surface area contributed by atoms with E-state index in [-0.39, 0.29) is 17.6 Å². The summed E-state index contributed by atoms with van der Waals surface area (Å²) in [6.07, 6.45) is -3.06. The Morgan fingerprint density at radius 1 is 1.31 bits per heavy atom. The van der Waals surface area contributed by atoms with Crippen molar-refractivity contribution in [3.63, 3.8) is 0 Å². The van der Waals surface area contributed by atoms with Crippen LogP contribution in [-0.2, 0) is 15.1 Å². The zero-order chi connectivity index (χ0) is 21.1. The molecule has 7 nitrogen and oxygen atoms in total. The highest BCUT2D eigenvalue weighted by Crippen LogP contribution is 2.58. The minimum atomic E-state index is -4.57.